The number of nitrogens with zero attached hydrogens (tertiary/aromatic N) is 2. The molecule has 0 bridgehead atoms. The van der Waals surface area contributed by atoms with Crippen LogP contribution in [0.4, 0.5) is 4.39 Å². The molecule has 7 heteroatoms. The molecule has 2 aromatic rings. The number of pyridine rings is 1. The summed E-state index contributed by atoms with van der Waals surface area (Å²) in [7, 11) is 0. The molecular formula is C17H22Cl2FN3O. The van der Waals surface area contributed by atoms with Crippen molar-refractivity contribution in [1.82, 2.24) is 9.88 Å². The first kappa shape index (κ1) is 20.6. The fourth-order valence-corrected chi connectivity index (χ4v) is 3.00. The molecule has 132 valence electrons. The van der Waals surface area contributed by atoms with Gasteiger partial charge in [0.1, 0.15) is 5.82 Å². The molecule has 0 spiro atoms. The SMILES string of the molecule is Cc1nc2cc(F)ccc2cc1C(=O)N1CCC(CN)CC1.Cl.Cl. The highest BCUT2D eigenvalue weighted by atomic mass is 35.5. The third-order valence-corrected chi connectivity index (χ3v) is 4.44. The standard InChI is InChI=1S/C17H20FN3O.2ClH/c1-11-15(8-13-2-3-14(18)9-16(13)20-11)17(22)21-6-4-12(10-19)5-7-21;;/h2-3,8-9,12H,4-7,10,19H2,1H3;2*1H. The third kappa shape index (κ3) is 4.15. The van der Waals surface area contributed by atoms with Crippen molar-refractivity contribution in [3.05, 3.63) is 41.3 Å². The molecule has 2 heterocycles. The Bertz CT molecular complexity index is 718. The van der Waals surface area contributed by atoms with Crippen molar-refractivity contribution in [2.45, 2.75) is 19.8 Å². The highest BCUT2D eigenvalue weighted by Gasteiger charge is 2.24. The van der Waals surface area contributed by atoms with Gasteiger partial charge in [0.05, 0.1) is 16.8 Å². The van der Waals surface area contributed by atoms with Crippen LogP contribution >= 0.6 is 24.8 Å². The van der Waals surface area contributed by atoms with E-state index in [1.807, 2.05) is 11.0 Å². The molecule has 1 aromatic carbocycles. The Morgan fingerprint density at radius 2 is 1.96 bits per heavy atom. The molecule has 3 rings (SSSR count). The van der Waals surface area contributed by atoms with E-state index < -0.39 is 0 Å². The van der Waals surface area contributed by atoms with Crippen molar-refractivity contribution >= 4 is 41.6 Å². The monoisotopic (exact) mass is 373 g/mol. The van der Waals surface area contributed by atoms with Gasteiger partial charge in [0, 0.05) is 24.5 Å². The Morgan fingerprint density at radius 3 is 2.58 bits per heavy atom. The van der Waals surface area contributed by atoms with Gasteiger partial charge in [-0.1, -0.05) is 0 Å². The smallest absolute Gasteiger partial charge is 0.255 e. The number of carbonyl (C=O) groups excluding carboxylic acids is 1. The van der Waals surface area contributed by atoms with Gasteiger partial charge in [-0.05, 0) is 50.4 Å². The van der Waals surface area contributed by atoms with Crippen LogP contribution in [0, 0.1) is 18.7 Å². The summed E-state index contributed by atoms with van der Waals surface area (Å²) in [6.45, 7) is 3.96. The summed E-state index contributed by atoms with van der Waals surface area (Å²) in [4.78, 5) is 18.9. The molecule has 0 atom stereocenters. The molecule has 1 amide bonds. The minimum Gasteiger partial charge on any atom is -0.339 e. The number of piperidine rings is 1. The van der Waals surface area contributed by atoms with E-state index in [0.29, 0.717) is 29.2 Å². The number of nitrogens with two attached hydrogens (primary N) is 1. The minimum absolute atomic E-state index is 0. The summed E-state index contributed by atoms with van der Waals surface area (Å²) < 4.78 is 13.3. The quantitative estimate of drug-likeness (QED) is 0.877. The average Bonchev–Trinajstić information content (AvgIpc) is 2.53. The Labute approximate surface area is 153 Å². The summed E-state index contributed by atoms with van der Waals surface area (Å²) in [5, 5.41) is 0.784. The summed E-state index contributed by atoms with van der Waals surface area (Å²) >= 11 is 0. The fraction of sp³-hybridized carbons (Fsp3) is 0.412. The van der Waals surface area contributed by atoms with Crippen molar-refractivity contribution in [2.75, 3.05) is 19.6 Å². The summed E-state index contributed by atoms with van der Waals surface area (Å²) in [5.41, 5.74) is 7.51. The minimum atomic E-state index is -0.317. The molecule has 0 unspecified atom stereocenters. The molecule has 0 saturated carbocycles. The van der Waals surface area contributed by atoms with Crippen molar-refractivity contribution < 1.29 is 9.18 Å². The number of carbonyl (C=O) groups is 1. The highest BCUT2D eigenvalue weighted by Crippen LogP contribution is 2.22. The van der Waals surface area contributed by atoms with Crippen LogP contribution in [0.2, 0.25) is 0 Å². The predicted molar refractivity (Wildman–Crippen MR) is 98.6 cm³/mol. The average molecular weight is 374 g/mol. The van der Waals surface area contributed by atoms with Gasteiger partial charge in [-0.2, -0.15) is 0 Å². The highest BCUT2D eigenvalue weighted by molar-refractivity contribution is 5.98. The zero-order valence-corrected chi connectivity index (χ0v) is 15.1. The van der Waals surface area contributed by atoms with Crippen LogP contribution in [0.1, 0.15) is 28.9 Å². The first-order valence-corrected chi connectivity index (χ1v) is 7.64. The van der Waals surface area contributed by atoms with E-state index in [1.54, 1.807) is 13.0 Å². The van der Waals surface area contributed by atoms with Gasteiger partial charge < -0.3 is 10.6 Å². The van der Waals surface area contributed by atoms with Crippen LogP contribution in [0.3, 0.4) is 0 Å². The van der Waals surface area contributed by atoms with Crippen LogP contribution in [0.15, 0.2) is 24.3 Å². The zero-order valence-electron chi connectivity index (χ0n) is 13.5. The van der Waals surface area contributed by atoms with E-state index >= 15 is 0 Å². The maximum Gasteiger partial charge on any atom is 0.255 e. The number of aryl methyl sites for hydroxylation is 1. The molecule has 0 radical (unpaired) electrons. The number of rotatable bonds is 2. The van der Waals surface area contributed by atoms with Crippen LogP contribution in [-0.2, 0) is 0 Å². The molecule has 4 nitrogen and oxygen atoms in total. The van der Waals surface area contributed by atoms with Crippen LogP contribution in [-0.4, -0.2) is 35.4 Å². The number of benzene rings is 1. The lowest BCUT2D eigenvalue weighted by Crippen LogP contribution is -2.40. The first-order chi connectivity index (χ1) is 10.6. The third-order valence-electron chi connectivity index (χ3n) is 4.44. The van der Waals surface area contributed by atoms with E-state index in [2.05, 4.69) is 4.98 Å². The second kappa shape index (κ2) is 8.60. The number of fused-ring (bicyclic) bond motifs is 1. The molecule has 24 heavy (non-hydrogen) atoms. The van der Waals surface area contributed by atoms with E-state index in [1.165, 1.54) is 12.1 Å². The predicted octanol–water partition coefficient (Wildman–Crippen LogP) is 3.34. The van der Waals surface area contributed by atoms with E-state index in [9.17, 15) is 9.18 Å². The zero-order chi connectivity index (χ0) is 15.7. The normalized spacial score (nSPS) is 14.9. The van der Waals surface area contributed by atoms with E-state index in [-0.39, 0.29) is 36.5 Å². The second-order valence-electron chi connectivity index (χ2n) is 5.93. The molecule has 0 aliphatic carbocycles. The van der Waals surface area contributed by atoms with Gasteiger partial charge in [0.2, 0.25) is 0 Å². The van der Waals surface area contributed by atoms with Crippen molar-refractivity contribution in [1.29, 1.82) is 0 Å². The maximum absolute atomic E-state index is 13.3. The lowest BCUT2D eigenvalue weighted by molar-refractivity contribution is 0.0692. The lowest BCUT2D eigenvalue weighted by Gasteiger charge is -2.31. The van der Waals surface area contributed by atoms with Gasteiger partial charge in [-0.3, -0.25) is 9.78 Å². The Balaban J connectivity index is 0.00000144. The Kier molecular flexibility index (Phi) is 7.39. The van der Waals surface area contributed by atoms with Gasteiger partial charge in [-0.15, -0.1) is 24.8 Å². The van der Waals surface area contributed by atoms with Gasteiger partial charge >= 0.3 is 0 Å². The van der Waals surface area contributed by atoms with E-state index in [4.69, 9.17) is 5.73 Å². The largest absolute Gasteiger partial charge is 0.339 e. The number of likely N-dealkylation sites (tertiary alicyclic amines) is 1. The maximum atomic E-state index is 13.3. The molecular weight excluding hydrogens is 352 g/mol. The van der Waals surface area contributed by atoms with Crippen LogP contribution in [0.5, 0.6) is 0 Å². The summed E-state index contributed by atoms with van der Waals surface area (Å²) in [5.74, 6) is 0.205. The van der Waals surface area contributed by atoms with E-state index in [0.717, 1.165) is 31.3 Å². The van der Waals surface area contributed by atoms with Crippen molar-refractivity contribution in [3.8, 4) is 0 Å². The molecule has 1 fully saturated rings. The van der Waals surface area contributed by atoms with Crippen LogP contribution < -0.4 is 5.73 Å². The first-order valence-electron chi connectivity index (χ1n) is 7.64. The van der Waals surface area contributed by atoms with Crippen molar-refractivity contribution in [2.24, 2.45) is 11.7 Å². The summed E-state index contributed by atoms with van der Waals surface area (Å²) in [6.07, 6.45) is 1.90. The van der Waals surface area contributed by atoms with Crippen molar-refractivity contribution in [3.63, 3.8) is 0 Å². The second-order valence-corrected chi connectivity index (χ2v) is 5.93. The van der Waals surface area contributed by atoms with Gasteiger partial charge in [0.15, 0.2) is 0 Å². The summed E-state index contributed by atoms with van der Waals surface area (Å²) in [6, 6.07) is 6.26. The number of aromatic nitrogens is 1. The molecule has 1 aromatic heterocycles. The number of halogens is 3. The van der Waals surface area contributed by atoms with Crippen LogP contribution in [0.25, 0.3) is 10.9 Å². The van der Waals surface area contributed by atoms with Gasteiger partial charge in [-0.25, -0.2) is 4.39 Å². The number of hydrogen-bond acceptors (Lipinski definition) is 3. The Hall–Kier alpha value is -1.43. The molecule has 1 saturated heterocycles. The fourth-order valence-electron chi connectivity index (χ4n) is 3.00. The molecule has 2 N–H and O–H groups in total. The number of amides is 1. The lowest BCUT2D eigenvalue weighted by atomic mass is 9.96. The van der Waals surface area contributed by atoms with Gasteiger partial charge in [0.25, 0.3) is 5.91 Å². The topological polar surface area (TPSA) is 59.2 Å². The Morgan fingerprint density at radius 1 is 1.29 bits per heavy atom. The number of hydrogen-bond donors (Lipinski definition) is 1. The molecule has 1 aliphatic rings. The molecule has 1 aliphatic heterocycles.